The molecule has 0 aliphatic heterocycles. The molecule has 0 fully saturated rings. The summed E-state index contributed by atoms with van der Waals surface area (Å²) in [5.74, 6) is -0.502. The quantitative estimate of drug-likeness (QED) is 0.453. The molecular formula is C16H12FN3. The van der Waals surface area contributed by atoms with Gasteiger partial charge in [-0.25, -0.2) is 4.52 Å². The molecule has 0 saturated carbocycles. The molecule has 3 heterocycles. The van der Waals surface area contributed by atoms with Crippen LogP contribution in [0.3, 0.4) is 0 Å². The maximum atomic E-state index is 13.3. The Morgan fingerprint density at radius 3 is 2.65 bits per heavy atom. The lowest BCUT2D eigenvalue weighted by Gasteiger charge is -2.06. The lowest BCUT2D eigenvalue weighted by Crippen LogP contribution is -1.93. The van der Waals surface area contributed by atoms with E-state index < -0.39 is 5.95 Å². The summed E-state index contributed by atoms with van der Waals surface area (Å²) < 4.78 is 15.1. The number of halogens is 1. The smallest absolute Gasteiger partial charge is 0.214 e. The number of hydrogen-bond donors (Lipinski definition) is 0. The van der Waals surface area contributed by atoms with E-state index in [1.165, 1.54) is 17.2 Å². The SMILES string of the molecule is Cc1ccc2c(c1)c(C)cc1c3ccc(F)nc3nn21. The van der Waals surface area contributed by atoms with E-state index in [0.29, 0.717) is 5.65 Å². The van der Waals surface area contributed by atoms with Crippen LogP contribution >= 0.6 is 0 Å². The molecule has 3 aromatic heterocycles. The van der Waals surface area contributed by atoms with Crippen LogP contribution in [-0.2, 0) is 0 Å². The molecule has 0 spiro atoms. The summed E-state index contributed by atoms with van der Waals surface area (Å²) in [6, 6.07) is 11.4. The molecule has 0 bridgehead atoms. The fourth-order valence-electron chi connectivity index (χ4n) is 2.72. The van der Waals surface area contributed by atoms with E-state index >= 15 is 0 Å². The topological polar surface area (TPSA) is 30.2 Å². The van der Waals surface area contributed by atoms with Crippen LogP contribution in [0.25, 0.3) is 27.5 Å². The fraction of sp³-hybridized carbons (Fsp3) is 0.125. The first kappa shape index (κ1) is 11.3. The highest BCUT2D eigenvalue weighted by Gasteiger charge is 2.11. The summed E-state index contributed by atoms with van der Waals surface area (Å²) in [5.41, 5.74) is 4.81. The molecule has 0 radical (unpaired) electrons. The van der Waals surface area contributed by atoms with Gasteiger partial charge >= 0.3 is 0 Å². The van der Waals surface area contributed by atoms with Gasteiger partial charge in [-0.15, -0.1) is 5.10 Å². The largest absolute Gasteiger partial charge is 0.230 e. The number of aryl methyl sites for hydroxylation is 2. The predicted molar refractivity (Wildman–Crippen MR) is 77.4 cm³/mol. The average molecular weight is 265 g/mol. The molecule has 0 N–H and O–H groups in total. The molecule has 4 heteroatoms. The second kappa shape index (κ2) is 3.76. The van der Waals surface area contributed by atoms with Crippen molar-refractivity contribution in [3.05, 3.63) is 53.5 Å². The van der Waals surface area contributed by atoms with Crippen molar-refractivity contribution in [3.8, 4) is 0 Å². The van der Waals surface area contributed by atoms with Gasteiger partial charge in [0.05, 0.1) is 11.0 Å². The van der Waals surface area contributed by atoms with E-state index in [0.717, 1.165) is 21.8 Å². The van der Waals surface area contributed by atoms with E-state index in [4.69, 9.17) is 0 Å². The number of benzene rings is 1. The lowest BCUT2D eigenvalue weighted by molar-refractivity contribution is 0.588. The lowest BCUT2D eigenvalue weighted by atomic mass is 10.1. The molecule has 0 atom stereocenters. The molecule has 0 unspecified atom stereocenters. The Labute approximate surface area is 114 Å². The Morgan fingerprint density at radius 1 is 0.950 bits per heavy atom. The van der Waals surface area contributed by atoms with Crippen molar-refractivity contribution in [1.82, 2.24) is 14.6 Å². The van der Waals surface area contributed by atoms with Crippen LogP contribution in [0.1, 0.15) is 11.1 Å². The van der Waals surface area contributed by atoms with Crippen LogP contribution < -0.4 is 0 Å². The van der Waals surface area contributed by atoms with Crippen molar-refractivity contribution >= 4 is 27.5 Å². The number of rotatable bonds is 0. The average Bonchev–Trinajstić information content (AvgIpc) is 2.76. The van der Waals surface area contributed by atoms with Gasteiger partial charge in [-0.05, 0) is 49.7 Å². The van der Waals surface area contributed by atoms with Gasteiger partial charge in [0.1, 0.15) is 0 Å². The van der Waals surface area contributed by atoms with Gasteiger partial charge in [-0.3, -0.25) is 0 Å². The van der Waals surface area contributed by atoms with E-state index in [2.05, 4.69) is 42.1 Å². The molecule has 0 aliphatic rings. The van der Waals surface area contributed by atoms with Crippen molar-refractivity contribution in [3.63, 3.8) is 0 Å². The van der Waals surface area contributed by atoms with Crippen LogP contribution in [0.4, 0.5) is 4.39 Å². The maximum absolute atomic E-state index is 13.3. The van der Waals surface area contributed by atoms with E-state index in [1.54, 1.807) is 6.07 Å². The summed E-state index contributed by atoms with van der Waals surface area (Å²) in [7, 11) is 0. The number of fused-ring (bicyclic) bond motifs is 5. The third-order valence-electron chi connectivity index (χ3n) is 3.70. The molecule has 1 aromatic carbocycles. The molecular weight excluding hydrogens is 253 g/mol. The Balaban J connectivity index is 2.28. The Bertz CT molecular complexity index is 985. The molecule has 4 aromatic rings. The second-order valence-corrected chi connectivity index (χ2v) is 5.15. The van der Waals surface area contributed by atoms with Gasteiger partial charge < -0.3 is 0 Å². The highest BCUT2D eigenvalue weighted by atomic mass is 19.1. The second-order valence-electron chi connectivity index (χ2n) is 5.15. The number of hydrogen-bond acceptors (Lipinski definition) is 2. The molecule has 20 heavy (non-hydrogen) atoms. The number of pyridine rings is 2. The van der Waals surface area contributed by atoms with Crippen molar-refractivity contribution in [1.29, 1.82) is 0 Å². The van der Waals surface area contributed by atoms with Gasteiger partial charge in [0.15, 0.2) is 5.65 Å². The van der Waals surface area contributed by atoms with E-state index in [9.17, 15) is 4.39 Å². The third kappa shape index (κ3) is 1.45. The summed E-state index contributed by atoms with van der Waals surface area (Å²) in [5, 5.41) is 6.47. The summed E-state index contributed by atoms with van der Waals surface area (Å²) in [6.45, 7) is 4.15. The van der Waals surface area contributed by atoms with Crippen LogP contribution in [0.2, 0.25) is 0 Å². The number of nitrogens with zero attached hydrogens (tertiary/aromatic N) is 3. The first-order valence-electron chi connectivity index (χ1n) is 6.48. The zero-order valence-corrected chi connectivity index (χ0v) is 11.2. The first-order valence-corrected chi connectivity index (χ1v) is 6.48. The zero-order chi connectivity index (χ0) is 13.9. The van der Waals surface area contributed by atoms with Gasteiger partial charge in [-0.1, -0.05) is 11.6 Å². The molecule has 98 valence electrons. The fourth-order valence-corrected chi connectivity index (χ4v) is 2.72. The molecule has 0 saturated heterocycles. The Hall–Kier alpha value is -2.49. The van der Waals surface area contributed by atoms with Crippen molar-refractivity contribution < 1.29 is 4.39 Å². The zero-order valence-electron chi connectivity index (χ0n) is 11.2. The molecule has 0 aliphatic carbocycles. The monoisotopic (exact) mass is 265 g/mol. The molecule has 4 rings (SSSR count). The number of aromatic nitrogens is 3. The van der Waals surface area contributed by atoms with Crippen LogP contribution in [0.15, 0.2) is 36.4 Å². The molecule has 0 amide bonds. The highest BCUT2D eigenvalue weighted by molar-refractivity contribution is 5.97. The Kier molecular flexibility index (Phi) is 2.13. The van der Waals surface area contributed by atoms with Crippen molar-refractivity contribution in [2.45, 2.75) is 13.8 Å². The summed E-state index contributed by atoms with van der Waals surface area (Å²) in [4.78, 5) is 3.87. The van der Waals surface area contributed by atoms with Crippen LogP contribution in [0, 0.1) is 19.8 Å². The first-order chi connectivity index (χ1) is 9.63. The van der Waals surface area contributed by atoms with Crippen molar-refractivity contribution in [2.24, 2.45) is 0 Å². The van der Waals surface area contributed by atoms with E-state index in [1.807, 2.05) is 10.6 Å². The predicted octanol–water partition coefficient (Wildman–Crippen LogP) is 3.79. The third-order valence-corrected chi connectivity index (χ3v) is 3.70. The van der Waals surface area contributed by atoms with Crippen molar-refractivity contribution in [2.75, 3.05) is 0 Å². The van der Waals surface area contributed by atoms with Crippen LogP contribution in [-0.4, -0.2) is 14.6 Å². The maximum Gasteiger partial charge on any atom is 0.214 e. The minimum atomic E-state index is -0.502. The molecule has 3 nitrogen and oxygen atoms in total. The van der Waals surface area contributed by atoms with Crippen LogP contribution in [0.5, 0.6) is 0 Å². The highest BCUT2D eigenvalue weighted by Crippen LogP contribution is 2.26. The van der Waals surface area contributed by atoms with Gasteiger partial charge in [0, 0.05) is 10.8 Å². The van der Waals surface area contributed by atoms with Gasteiger partial charge in [0.2, 0.25) is 5.95 Å². The standard InChI is InChI=1S/C16H12FN3/c1-9-3-5-13-12(7-9)10(2)8-14-11-4-6-15(17)18-16(11)19-20(13)14/h3-8H,1-2H3. The normalized spacial score (nSPS) is 11.8. The Morgan fingerprint density at radius 2 is 1.80 bits per heavy atom. The minimum absolute atomic E-state index is 0.442. The van der Waals surface area contributed by atoms with Gasteiger partial charge in [0.25, 0.3) is 0 Å². The minimum Gasteiger partial charge on any atom is -0.230 e. The summed E-state index contributed by atoms with van der Waals surface area (Å²) in [6.07, 6.45) is 0. The van der Waals surface area contributed by atoms with Gasteiger partial charge in [-0.2, -0.15) is 9.37 Å². The summed E-state index contributed by atoms with van der Waals surface area (Å²) >= 11 is 0. The van der Waals surface area contributed by atoms with E-state index in [-0.39, 0.29) is 0 Å².